The molecule has 0 bridgehead atoms. The van der Waals surface area contributed by atoms with Crippen LogP contribution >= 0.6 is 0 Å². The molecule has 4 heteroatoms. The van der Waals surface area contributed by atoms with Gasteiger partial charge in [-0.05, 0) is 37.6 Å². The maximum absolute atomic E-state index is 12.5. The van der Waals surface area contributed by atoms with Crippen LogP contribution in [-0.4, -0.2) is 48.3 Å². The average Bonchev–Trinajstić information content (AvgIpc) is 2.48. The predicted octanol–water partition coefficient (Wildman–Crippen LogP) is 1.59. The highest BCUT2D eigenvalue weighted by atomic mass is 16.5. The van der Waals surface area contributed by atoms with Crippen molar-refractivity contribution in [3.63, 3.8) is 0 Å². The van der Waals surface area contributed by atoms with E-state index in [0.29, 0.717) is 31.7 Å². The zero-order chi connectivity index (χ0) is 15.2. The Kier molecular flexibility index (Phi) is 5.38. The highest BCUT2D eigenvalue weighted by molar-refractivity contribution is 5.94. The fourth-order valence-electron chi connectivity index (χ4n) is 2.34. The van der Waals surface area contributed by atoms with Crippen LogP contribution in [0.2, 0.25) is 0 Å². The SMILES string of the molecule is Cc1cc(C(=O)N2CCOC(C)C2)ccc1C#CCCO. The van der Waals surface area contributed by atoms with E-state index in [0.717, 1.165) is 11.1 Å². The summed E-state index contributed by atoms with van der Waals surface area (Å²) in [5.74, 6) is 5.95. The average molecular weight is 287 g/mol. The van der Waals surface area contributed by atoms with Gasteiger partial charge in [0, 0.05) is 30.6 Å². The van der Waals surface area contributed by atoms with Crippen LogP contribution in [0.5, 0.6) is 0 Å². The van der Waals surface area contributed by atoms with Crippen LogP contribution < -0.4 is 0 Å². The Morgan fingerprint density at radius 3 is 3.00 bits per heavy atom. The molecule has 0 aromatic heterocycles. The highest BCUT2D eigenvalue weighted by Gasteiger charge is 2.22. The van der Waals surface area contributed by atoms with Gasteiger partial charge in [0.05, 0.1) is 19.3 Å². The molecule has 1 atom stereocenters. The second kappa shape index (κ2) is 7.26. The van der Waals surface area contributed by atoms with E-state index in [1.165, 1.54) is 0 Å². The molecule has 1 amide bonds. The van der Waals surface area contributed by atoms with Gasteiger partial charge in [-0.1, -0.05) is 11.8 Å². The predicted molar refractivity (Wildman–Crippen MR) is 81.1 cm³/mol. The standard InChI is InChI=1S/C17H21NO3/c1-13-11-16(7-6-15(13)5-3-4-9-19)17(20)18-8-10-21-14(2)12-18/h6-7,11,14,19H,4,8-10,12H2,1-2H3. The molecule has 0 radical (unpaired) electrons. The molecule has 1 heterocycles. The summed E-state index contributed by atoms with van der Waals surface area (Å²) in [4.78, 5) is 14.3. The first-order chi connectivity index (χ1) is 10.1. The number of carbonyl (C=O) groups is 1. The summed E-state index contributed by atoms with van der Waals surface area (Å²) in [6, 6.07) is 5.57. The maximum atomic E-state index is 12.5. The van der Waals surface area contributed by atoms with Crippen LogP contribution in [-0.2, 0) is 4.74 Å². The molecule has 0 spiro atoms. The van der Waals surface area contributed by atoms with Crippen molar-refractivity contribution in [3.8, 4) is 11.8 Å². The van der Waals surface area contributed by atoms with Gasteiger partial charge < -0.3 is 14.7 Å². The Balaban J connectivity index is 2.12. The molecule has 1 N–H and O–H groups in total. The van der Waals surface area contributed by atoms with Gasteiger partial charge in [0.15, 0.2) is 0 Å². The molecule has 4 nitrogen and oxygen atoms in total. The maximum Gasteiger partial charge on any atom is 0.254 e. The third-order valence-electron chi connectivity index (χ3n) is 3.46. The van der Waals surface area contributed by atoms with Gasteiger partial charge in [-0.2, -0.15) is 0 Å². The first-order valence-corrected chi connectivity index (χ1v) is 7.23. The molecule has 1 aromatic carbocycles. The molecular weight excluding hydrogens is 266 g/mol. The number of aryl methyl sites for hydroxylation is 1. The van der Waals surface area contributed by atoms with E-state index < -0.39 is 0 Å². The summed E-state index contributed by atoms with van der Waals surface area (Å²) in [7, 11) is 0. The molecule has 1 aromatic rings. The van der Waals surface area contributed by atoms with E-state index in [9.17, 15) is 4.79 Å². The third-order valence-corrected chi connectivity index (χ3v) is 3.46. The van der Waals surface area contributed by atoms with Crippen molar-refractivity contribution in [1.29, 1.82) is 0 Å². The first kappa shape index (κ1) is 15.6. The first-order valence-electron chi connectivity index (χ1n) is 7.23. The van der Waals surface area contributed by atoms with Crippen molar-refractivity contribution in [3.05, 3.63) is 34.9 Å². The lowest BCUT2D eigenvalue weighted by Crippen LogP contribution is -2.44. The number of ether oxygens (including phenoxy) is 1. The van der Waals surface area contributed by atoms with Gasteiger partial charge >= 0.3 is 0 Å². The van der Waals surface area contributed by atoms with Crippen LogP contribution in [0.1, 0.15) is 34.8 Å². The number of hydrogen-bond acceptors (Lipinski definition) is 3. The molecule has 112 valence electrons. The number of benzene rings is 1. The van der Waals surface area contributed by atoms with Gasteiger partial charge in [0.1, 0.15) is 0 Å². The molecular formula is C17H21NO3. The van der Waals surface area contributed by atoms with Gasteiger partial charge in [-0.25, -0.2) is 0 Å². The third kappa shape index (κ3) is 4.07. The van der Waals surface area contributed by atoms with Crippen LogP contribution in [0.4, 0.5) is 0 Å². The molecule has 1 aliphatic heterocycles. The Bertz CT molecular complexity index is 571. The Hall–Kier alpha value is -1.83. The molecule has 21 heavy (non-hydrogen) atoms. The number of carbonyl (C=O) groups excluding carboxylic acids is 1. The van der Waals surface area contributed by atoms with Crippen molar-refractivity contribution >= 4 is 5.91 Å². The summed E-state index contributed by atoms with van der Waals surface area (Å²) >= 11 is 0. The van der Waals surface area contributed by atoms with E-state index in [1.807, 2.05) is 36.9 Å². The Morgan fingerprint density at radius 2 is 2.33 bits per heavy atom. The number of hydrogen-bond donors (Lipinski definition) is 1. The monoisotopic (exact) mass is 287 g/mol. The summed E-state index contributed by atoms with van der Waals surface area (Å²) in [5, 5.41) is 8.73. The van der Waals surface area contributed by atoms with E-state index in [1.54, 1.807) is 0 Å². The summed E-state index contributed by atoms with van der Waals surface area (Å²) in [5.41, 5.74) is 2.57. The Morgan fingerprint density at radius 1 is 1.52 bits per heavy atom. The lowest BCUT2D eigenvalue weighted by Gasteiger charge is -2.31. The lowest BCUT2D eigenvalue weighted by atomic mass is 10.0. The lowest BCUT2D eigenvalue weighted by molar-refractivity contribution is -0.0124. The van der Waals surface area contributed by atoms with Crippen LogP contribution in [0.3, 0.4) is 0 Å². The normalized spacial score (nSPS) is 18.0. The smallest absolute Gasteiger partial charge is 0.254 e. The van der Waals surface area contributed by atoms with Gasteiger partial charge in [0.25, 0.3) is 5.91 Å². The van der Waals surface area contributed by atoms with Crippen molar-refractivity contribution in [2.45, 2.75) is 26.4 Å². The molecule has 1 unspecified atom stereocenters. The fraction of sp³-hybridized carbons (Fsp3) is 0.471. The largest absolute Gasteiger partial charge is 0.395 e. The van der Waals surface area contributed by atoms with Gasteiger partial charge in [-0.3, -0.25) is 4.79 Å². The van der Waals surface area contributed by atoms with Crippen molar-refractivity contribution in [2.24, 2.45) is 0 Å². The molecule has 1 fully saturated rings. The van der Waals surface area contributed by atoms with E-state index >= 15 is 0 Å². The van der Waals surface area contributed by atoms with Crippen LogP contribution in [0, 0.1) is 18.8 Å². The minimum Gasteiger partial charge on any atom is -0.395 e. The second-order valence-corrected chi connectivity index (χ2v) is 5.24. The molecule has 0 aliphatic carbocycles. The number of aliphatic hydroxyl groups is 1. The van der Waals surface area contributed by atoms with Gasteiger partial charge in [-0.15, -0.1) is 0 Å². The Labute approximate surface area is 125 Å². The van der Waals surface area contributed by atoms with Crippen LogP contribution in [0.25, 0.3) is 0 Å². The minimum atomic E-state index is 0.0446. The molecule has 1 aliphatic rings. The van der Waals surface area contributed by atoms with E-state index in [4.69, 9.17) is 9.84 Å². The molecule has 0 saturated carbocycles. The number of morpholine rings is 1. The molecule has 2 rings (SSSR count). The quantitative estimate of drug-likeness (QED) is 0.840. The summed E-state index contributed by atoms with van der Waals surface area (Å²) in [6.45, 7) is 5.86. The minimum absolute atomic E-state index is 0.0446. The second-order valence-electron chi connectivity index (χ2n) is 5.24. The van der Waals surface area contributed by atoms with Crippen molar-refractivity contribution < 1.29 is 14.6 Å². The van der Waals surface area contributed by atoms with Crippen molar-refractivity contribution in [2.75, 3.05) is 26.3 Å². The number of nitrogens with zero attached hydrogens (tertiary/aromatic N) is 1. The topological polar surface area (TPSA) is 49.8 Å². The van der Waals surface area contributed by atoms with Crippen LogP contribution in [0.15, 0.2) is 18.2 Å². The number of rotatable bonds is 2. The number of amides is 1. The zero-order valence-electron chi connectivity index (χ0n) is 12.6. The van der Waals surface area contributed by atoms with E-state index in [2.05, 4.69) is 11.8 Å². The fourth-order valence-corrected chi connectivity index (χ4v) is 2.34. The zero-order valence-corrected chi connectivity index (χ0v) is 12.6. The summed E-state index contributed by atoms with van der Waals surface area (Å²) < 4.78 is 5.46. The van der Waals surface area contributed by atoms with E-state index in [-0.39, 0.29) is 18.6 Å². The molecule has 1 saturated heterocycles. The van der Waals surface area contributed by atoms with Crippen molar-refractivity contribution in [1.82, 2.24) is 4.90 Å². The number of aliphatic hydroxyl groups excluding tert-OH is 1. The van der Waals surface area contributed by atoms with Gasteiger partial charge in [0.2, 0.25) is 0 Å². The summed E-state index contributed by atoms with van der Waals surface area (Å²) in [6.07, 6.45) is 0.554. The highest BCUT2D eigenvalue weighted by Crippen LogP contribution is 2.14.